The van der Waals surface area contributed by atoms with Crippen LogP contribution in [0.25, 0.3) is 0 Å². The van der Waals surface area contributed by atoms with E-state index in [1.54, 1.807) is 0 Å². The van der Waals surface area contributed by atoms with Gasteiger partial charge in [-0.05, 0) is 31.2 Å². The van der Waals surface area contributed by atoms with Gasteiger partial charge in [-0.25, -0.2) is 0 Å². The highest BCUT2D eigenvalue weighted by Gasteiger charge is 2.19. The molecule has 0 radical (unpaired) electrons. The smallest absolute Gasteiger partial charge is 0.230 e. The van der Waals surface area contributed by atoms with Crippen LogP contribution in [0.4, 0.5) is 0 Å². The molecule has 1 atom stereocenters. The van der Waals surface area contributed by atoms with E-state index in [2.05, 4.69) is 21.2 Å². The lowest BCUT2D eigenvalue weighted by atomic mass is 10.1. The molecule has 0 heterocycles. The molecule has 0 saturated carbocycles. The molecule has 1 amide bonds. The van der Waals surface area contributed by atoms with Gasteiger partial charge in [0.2, 0.25) is 5.91 Å². The van der Waals surface area contributed by atoms with Gasteiger partial charge >= 0.3 is 0 Å². The molecule has 0 fully saturated rings. The van der Waals surface area contributed by atoms with Crippen LogP contribution in [-0.4, -0.2) is 40.6 Å². The number of aliphatic hydroxyl groups is 2. The second-order valence-corrected chi connectivity index (χ2v) is 6.14. The third-order valence-electron chi connectivity index (χ3n) is 2.19. The number of hydrogen-bond donors (Lipinski definition) is 3. The third kappa shape index (κ3) is 5.86. The summed E-state index contributed by atoms with van der Waals surface area (Å²) < 4.78 is 0.996. The first-order valence-electron chi connectivity index (χ1n) is 5.41. The average Bonchev–Trinajstić information content (AvgIpc) is 2.36. The molecule has 100 valence electrons. The molecule has 0 aromatic heterocycles. The summed E-state index contributed by atoms with van der Waals surface area (Å²) in [6.07, 6.45) is 0. The standard InChI is InChI=1S/C12H16BrNO3S/c1-12(17,8-15)7-14-11(16)6-18-10-4-2-9(13)3-5-10/h2-5,15,17H,6-8H2,1H3,(H,14,16). The van der Waals surface area contributed by atoms with E-state index < -0.39 is 5.60 Å². The van der Waals surface area contributed by atoms with Crippen molar-refractivity contribution in [2.24, 2.45) is 0 Å². The molecule has 1 aromatic carbocycles. The summed E-state index contributed by atoms with van der Waals surface area (Å²) in [6, 6.07) is 7.67. The van der Waals surface area contributed by atoms with Crippen LogP contribution in [0.5, 0.6) is 0 Å². The van der Waals surface area contributed by atoms with E-state index in [9.17, 15) is 9.90 Å². The number of halogens is 1. The maximum absolute atomic E-state index is 11.5. The van der Waals surface area contributed by atoms with E-state index in [-0.39, 0.29) is 24.8 Å². The highest BCUT2D eigenvalue weighted by atomic mass is 79.9. The monoisotopic (exact) mass is 333 g/mol. The van der Waals surface area contributed by atoms with Crippen LogP contribution in [0.15, 0.2) is 33.6 Å². The molecule has 1 aromatic rings. The Labute approximate surface area is 119 Å². The fourth-order valence-corrected chi connectivity index (χ4v) is 2.07. The number of thioether (sulfide) groups is 1. The fourth-order valence-electron chi connectivity index (χ4n) is 1.08. The first kappa shape index (κ1) is 15.5. The topological polar surface area (TPSA) is 69.6 Å². The summed E-state index contributed by atoms with van der Waals surface area (Å²) in [5.41, 5.74) is -1.27. The summed E-state index contributed by atoms with van der Waals surface area (Å²) in [5, 5.41) is 20.9. The van der Waals surface area contributed by atoms with Crippen LogP contribution in [-0.2, 0) is 4.79 Å². The number of amides is 1. The van der Waals surface area contributed by atoms with Gasteiger partial charge < -0.3 is 15.5 Å². The minimum atomic E-state index is -1.27. The first-order chi connectivity index (χ1) is 8.43. The molecular weight excluding hydrogens is 318 g/mol. The van der Waals surface area contributed by atoms with Crippen molar-refractivity contribution < 1.29 is 15.0 Å². The lowest BCUT2D eigenvalue weighted by molar-refractivity contribution is -0.120. The molecular formula is C12H16BrNO3S. The Hall–Kier alpha value is -0.560. The summed E-state index contributed by atoms with van der Waals surface area (Å²) >= 11 is 4.76. The Morgan fingerprint density at radius 1 is 1.44 bits per heavy atom. The number of carbonyl (C=O) groups excluding carboxylic acids is 1. The molecule has 4 nitrogen and oxygen atoms in total. The van der Waals surface area contributed by atoms with Gasteiger partial charge in [0.05, 0.1) is 12.4 Å². The highest BCUT2D eigenvalue weighted by molar-refractivity contribution is 9.10. The predicted molar refractivity (Wildman–Crippen MR) is 75.6 cm³/mol. The first-order valence-corrected chi connectivity index (χ1v) is 7.19. The zero-order valence-corrected chi connectivity index (χ0v) is 12.4. The number of hydrogen-bond acceptors (Lipinski definition) is 4. The SMILES string of the molecule is CC(O)(CO)CNC(=O)CSc1ccc(Br)cc1. The second-order valence-electron chi connectivity index (χ2n) is 4.17. The molecule has 18 heavy (non-hydrogen) atoms. The third-order valence-corrected chi connectivity index (χ3v) is 3.73. The van der Waals surface area contributed by atoms with Crippen molar-refractivity contribution in [3.8, 4) is 0 Å². The van der Waals surface area contributed by atoms with Crippen molar-refractivity contribution in [1.82, 2.24) is 5.32 Å². The zero-order chi connectivity index (χ0) is 13.6. The Kier molecular flexibility index (Phi) is 6.14. The van der Waals surface area contributed by atoms with Gasteiger partial charge in [0, 0.05) is 15.9 Å². The Morgan fingerprint density at radius 3 is 2.61 bits per heavy atom. The maximum atomic E-state index is 11.5. The molecule has 0 aliphatic rings. The fraction of sp³-hybridized carbons (Fsp3) is 0.417. The summed E-state index contributed by atoms with van der Waals surface area (Å²) in [7, 11) is 0. The normalized spacial score (nSPS) is 14.0. The molecule has 0 aliphatic heterocycles. The zero-order valence-electron chi connectivity index (χ0n) is 10.0. The number of rotatable bonds is 6. The highest BCUT2D eigenvalue weighted by Crippen LogP contribution is 2.20. The van der Waals surface area contributed by atoms with Crippen LogP contribution in [0, 0.1) is 0 Å². The number of carbonyl (C=O) groups is 1. The Balaban J connectivity index is 2.31. The van der Waals surface area contributed by atoms with Gasteiger partial charge in [-0.3, -0.25) is 4.79 Å². The summed E-state index contributed by atoms with van der Waals surface area (Å²) in [4.78, 5) is 12.5. The van der Waals surface area contributed by atoms with Crippen LogP contribution in [0.1, 0.15) is 6.92 Å². The summed E-state index contributed by atoms with van der Waals surface area (Å²) in [5.74, 6) is 0.111. The van der Waals surface area contributed by atoms with Crippen LogP contribution in [0.2, 0.25) is 0 Å². The summed E-state index contributed by atoms with van der Waals surface area (Å²) in [6.45, 7) is 1.13. The van der Waals surface area contributed by atoms with Crippen molar-refractivity contribution in [2.75, 3.05) is 18.9 Å². The van der Waals surface area contributed by atoms with Crippen LogP contribution >= 0.6 is 27.7 Å². The van der Waals surface area contributed by atoms with Gasteiger partial charge in [0.1, 0.15) is 5.60 Å². The van der Waals surface area contributed by atoms with E-state index in [4.69, 9.17) is 5.11 Å². The van der Waals surface area contributed by atoms with Gasteiger partial charge in [0.25, 0.3) is 0 Å². The van der Waals surface area contributed by atoms with Crippen molar-refractivity contribution in [2.45, 2.75) is 17.4 Å². The van der Waals surface area contributed by atoms with Crippen LogP contribution < -0.4 is 5.32 Å². The van der Waals surface area contributed by atoms with E-state index >= 15 is 0 Å². The van der Waals surface area contributed by atoms with E-state index in [0.29, 0.717) is 0 Å². The molecule has 0 saturated heterocycles. The van der Waals surface area contributed by atoms with E-state index in [1.165, 1.54) is 18.7 Å². The molecule has 1 unspecified atom stereocenters. The number of aliphatic hydroxyl groups excluding tert-OH is 1. The molecule has 6 heteroatoms. The molecule has 0 spiro atoms. The van der Waals surface area contributed by atoms with Gasteiger partial charge in [-0.1, -0.05) is 15.9 Å². The Morgan fingerprint density at radius 2 is 2.06 bits per heavy atom. The van der Waals surface area contributed by atoms with Crippen molar-refractivity contribution in [3.05, 3.63) is 28.7 Å². The minimum absolute atomic E-state index is 0.0449. The van der Waals surface area contributed by atoms with Crippen LogP contribution in [0.3, 0.4) is 0 Å². The van der Waals surface area contributed by atoms with Crippen molar-refractivity contribution in [3.63, 3.8) is 0 Å². The lowest BCUT2D eigenvalue weighted by Gasteiger charge is -2.20. The molecule has 0 aliphatic carbocycles. The molecule has 3 N–H and O–H groups in total. The van der Waals surface area contributed by atoms with Gasteiger partial charge in [0.15, 0.2) is 0 Å². The molecule has 1 rings (SSSR count). The predicted octanol–water partition coefficient (Wildman–Crippen LogP) is 1.40. The maximum Gasteiger partial charge on any atom is 0.230 e. The van der Waals surface area contributed by atoms with E-state index in [0.717, 1.165) is 9.37 Å². The molecule has 0 bridgehead atoms. The average molecular weight is 334 g/mol. The van der Waals surface area contributed by atoms with E-state index in [1.807, 2.05) is 24.3 Å². The van der Waals surface area contributed by atoms with Gasteiger partial charge in [-0.2, -0.15) is 0 Å². The largest absolute Gasteiger partial charge is 0.393 e. The minimum Gasteiger partial charge on any atom is -0.393 e. The van der Waals surface area contributed by atoms with Gasteiger partial charge in [-0.15, -0.1) is 11.8 Å². The lowest BCUT2D eigenvalue weighted by Crippen LogP contribution is -2.43. The quantitative estimate of drug-likeness (QED) is 0.688. The van der Waals surface area contributed by atoms with Crippen molar-refractivity contribution in [1.29, 1.82) is 0 Å². The van der Waals surface area contributed by atoms with Crippen molar-refractivity contribution >= 4 is 33.6 Å². The second kappa shape index (κ2) is 7.13. The Bertz CT molecular complexity index is 395. The number of benzene rings is 1. The number of nitrogens with one attached hydrogen (secondary N) is 1.